The Labute approximate surface area is 174 Å². The number of aryl methyl sites for hydroxylation is 1. The average Bonchev–Trinajstić information content (AvgIpc) is 2.66. The number of hydrogen-bond donors (Lipinski definition) is 1. The van der Waals surface area contributed by atoms with Crippen LogP contribution in [0.15, 0.2) is 41.4 Å². The van der Waals surface area contributed by atoms with Gasteiger partial charge in [-0.2, -0.15) is 4.31 Å². The molecule has 6 nitrogen and oxygen atoms in total. The van der Waals surface area contributed by atoms with Crippen LogP contribution in [0.4, 0.5) is 0 Å². The highest BCUT2D eigenvalue weighted by Gasteiger charge is 2.32. The van der Waals surface area contributed by atoms with Crippen molar-refractivity contribution in [1.82, 2.24) is 14.6 Å². The second kappa shape index (κ2) is 8.78. The van der Waals surface area contributed by atoms with Crippen molar-refractivity contribution >= 4 is 39.1 Å². The standard InChI is InChI=1S/C19H21Cl2N3O3S/c1-13-2-3-14(11-22-13)12-23-19(25)15-4-6-24(7-5-15)28(26,27)18-9-16(20)8-17(21)10-18/h2-3,8-11,15H,4-7,12H2,1H3,(H,23,25). The summed E-state index contributed by atoms with van der Waals surface area (Å²) in [6.07, 6.45) is 2.66. The van der Waals surface area contributed by atoms with Gasteiger partial charge in [0, 0.05) is 47.5 Å². The highest BCUT2D eigenvalue weighted by Crippen LogP contribution is 2.28. The van der Waals surface area contributed by atoms with E-state index < -0.39 is 10.0 Å². The van der Waals surface area contributed by atoms with Crippen LogP contribution in [-0.4, -0.2) is 36.7 Å². The van der Waals surface area contributed by atoms with Crippen LogP contribution in [0.2, 0.25) is 10.0 Å². The smallest absolute Gasteiger partial charge is 0.243 e. The van der Waals surface area contributed by atoms with Crippen LogP contribution in [0, 0.1) is 12.8 Å². The summed E-state index contributed by atoms with van der Waals surface area (Å²) >= 11 is 11.9. The molecule has 28 heavy (non-hydrogen) atoms. The molecule has 3 rings (SSSR count). The number of aromatic nitrogens is 1. The van der Waals surface area contributed by atoms with Crippen molar-refractivity contribution in [2.75, 3.05) is 13.1 Å². The van der Waals surface area contributed by atoms with E-state index in [2.05, 4.69) is 10.3 Å². The van der Waals surface area contributed by atoms with Crippen molar-refractivity contribution in [2.24, 2.45) is 5.92 Å². The Morgan fingerprint density at radius 1 is 1.18 bits per heavy atom. The van der Waals surface area contributed by atoms with Crippen LogP contribution < -0.4 is 5.32 Å². The number of amides is 1. The van der Waals surface area contributed by atoms with Gasteiger partial charge in [-0.25, -0.2) is 8.42 Å². The molecule has 0 aliphatic carbocycles. The fraction of sp³-hybridized carbons (Fsp3) is 0.368. The number of pyridine rings is 1. The number of hydrogen-bond acceptors (Lipinski definition) is 4. The summed E-state index contributed by atoms with van der Waals surface area (Å²) in [4.78, 5) is 16.7. The normalized spacial score (nSPS) is 16.1. The van der Waals surface area contributed by atoms with E-state index in [1.165, 1.54) is 22.5 Å². The predicted octanol–water partition coefficient (Wildman–Crippen LogP) is 3.41. The van der Waals surface area contributed by atoms with Crippen molar-refractivity contribution in [3.8, 4) is 0 Å². The Kier molecular flexibility index (Phi) is 6.60. The predicted molar refractivity (Wildman–Crippen MR) is 109 cm³/mol. The van der Waals surface area contributed by atoms with Gasteiger partial charge in [0.2, 0.25) is 15.9 Å². The minimum absolute atomic E-state index is 0.0663. The number of piperidine rings is 1. The summed E-state index contributed by atoms with van der Waals surface area (Å²) in [6, 6.07) is 8.08. The molecule has 0 unspecified atom stereocenters. The number of rotatable bonds is 5. The first-order valence-corrected chi connectivity index (χ1v) is 11.1. The third-order valence-electron chi connectivity index (χ3n) is 4.74. The first kappa shape index (κ1) is 21.0. The molecule has 1 N–H and O–H groups in total. The molecule has 0 radical (unpaired) electrons. The van der Waals surface area contributed by atoms with E-state index in [0.29, 0.717) is 19.4 Å². The Morgan fingerprint density at radius 3 is 2.39 bits per heavy atom. The van der Waals surface area contributed by atoms with Crippen molar-refractivity contribution < 1.29 is 13.2 Å². The van der Waals surface area contributed by atoms with Gasteiger partial charge in [0.15, 0.2) is 0 Å². The molecule has 0 spiro atoms. The number of nitrogens with one attached hydrogen (secondary N) is 1. The second-order valence-electron chi connectivity index (χ2n) is 6.81. The molecule has 1 fully saturated rings. The van der Waals surface area contributed by atoms with E-state index >= 15 is 0 Å². The number of carbonyl (C=O) groups excluding carboxylic acids is 1. The molecule has 0 saturated carbocycles. The monoisotopic (exact) mass is 441 g/mol. The van der Waals surface area contributed by atoms with Crippen LogP contribution >= 0.6 is 23.2 Å². The first-order chi connectivity index (χ1) is 13.3. The molecule has 1 aromatic heterocycles. The van der Waals surface area contributed by atoms with E-state index in [9.17, 15) is 13.2 Å². The lowest BCUT2D eigenvalue weighted by Crippen LogP contribution is -2.42. The number of carbonyl (C=O) groups is 1. The van der Waals surface area contributed by atoms with Gasteiger partial charge in [-0.05, 0) is 49.6 Å². The van der Waals surface area contributed by atoms with Crippen LogP contribution in [0.5, 0.6) is 0 Å². The van der Waals surface area contributed by atoms with E-state index in [4.69, 9.17) is 23.2 Å². The largest absolute Gasteiger partial charge is 0.352 e. The second-order valence-corrected chi connectivity index (χ2v) is 9.62. The van der Waals surface area contributed by atoms with Crippen molar-refractivity contribution in [3.05, 3.63) is 57.8 Å². The summed E-state index contributed by atoms with van der Waals surface area (Å²) in [5.74, 6) is -0.281. The Balaban J connectivity index is 1.57. The summed E-state index contributed by atoms with van der Waals surface area (Å²) in [5, 5.41) is 3.45. The lowest BCUT2D eigenvalue weighted by Gasteiger charge is -2.30. The molecule has 0 bridgehead atoms. The Hall–Kier alpha value is -1.67. The van der Waals surface area contributed by atoms with Crippen molar-refractivity contribution in [1.29, 1.82) is 0 Å². The quantitative estimate of drug-likeness (QED) is 0.770. The van der Waals surface area contributed by atoms with Gasteiger partial charge in [0.25, 0.3) is 0 Å². The van der Waals surface area contributed by atoms with Gasteiger partial charge < -0.3 is 5.32 Å². The highest BCUT2D eigenvalue weighted by molar-refractivity contribution is 7.89. The molecule has 0 atom stereocenters. The molecule has 1 aromatic carbocycles. The molecule has 1 saturated heterocycles. The van der Waals surface area contributed by atoms with Gasteiger partial charge in [-0.1, -0.05) is 29.3 Å². The molecular formula is C19H21Cl2N3O3S. The maximum atomic E-state index is 12.8. The van der Waals surface area contributed by atoms with Crippen LogP contribution in [0.1, 0.15) is 24.1 Å². The zero-order valence-electron chi connectivity index (χ0n) is 15.4. The maximum Gasteiger partial charge on any atom is 0.243 e. The van der Waals surface area contributed by atoms with E-state index in [-0.39, 0.29) is 39.9 Å². The molecular weight excluding hydrogens is 421 g/mol. The topological polar surface area (TPSA) is 79.4 Å². The molecule has 1 aliphatic rings. The number of benzene rings is 1. The fourth-order valence-corrected chi connectivity index (χ4v) is 5.32. The number of halogens is 2. The van der Waals surface area contributed by atoms with Gasteiger partial charge in [-0.15, -0.1) is 0 Å². The lowest BCUT2D eigenvalue weighted by molar-refractivity contribution is -0.126. The average molecular weight is 442 g/mol. The summed E-state index contributed by atoms with van der Waals surface area (Å²) in [6.45, 7) is 2.86. The van der Waals surface area contributed by atoms with Crippen molar-refractivity contribution in [2.45, 2.75) is 31.2 Å². The van der Waals surface area contributed by atoms with Gasteiger partial charge in [0.05, 0.1) is 4.90 Å². The van der Waals surface area contributed by atoms with Gasteiger partial charge in [0.1, 0.15) is 0 Å². The first-order valence-electron chi connectivity index (χ1n) is 8.91. The maximum absolute atomic E-state index is 12.8. The SMILES string of the molecule is Cc1ccc(CNC(=O)C2CCN(S(=O)(=O)c3cc(Cl)cc(Cl)c3)CC2)cn1. The van der Waals surface area contributed by atoms with Crippen LogP contribution in [-0.2, 0) is 21.4 Å². The summed E-state index contributed by atoms with van der Waals surface area (Å²) < 4.78 is 27.0. The zero-order valence-corrected chi connectivity index (χ0v) is 17.7. The third kappa shape index (κ3) is 5.03. The highest BCUT2D eigenvalue weighted by atomic mass is 35.5. The van der Waals surface area contributed by atoms with Gasteiger partial charge in [-0.3, -0.25) is 9.78 Å². The Morgan fingerprint density at radius 2 is 1.82 bits per heavy atom. The zero-order chi connectivity index (χ0) is 20.3. The number of sulfonamides is 1. The van der Waals surface area contributed by atoms with Crippen LogP contribution in [0.3, 0.4) is 0 Å². The third-order valence-corrected chi connectivity index (χ3v) is 7.05. The number of nitrogens with zero attached hydrogens (tertiary/aromatic N) is 2. The molecule has 2 heterocycles. The molecule has 2 aromatic rings. The minimum atomic E-state index is -3.69. The Bertz CT molecular complexity index is 937. The van der Waals surface area contributed by atoms with Gasteiger partial charge >= 0.3 is 0 Å². The summed E-state index contributed by atoms with van der Waals surface area (Å²) in [7, 11) is -3.69. The molecule has 1 amide bonds. The van der Waals surface area contributed by atoms with E-state index in [1.54, 1.807) is 6.20 Å². The van der Waals surface area contributed by atoms with Crippen LogP contribution in [0.25, 0.3) is 0 Å². The van der Waals surface area contributed by atoms with E-state index in [0.717, 1.165) is 11.3 Å². The fourth-order valence-electron chi connectivity index (χ4n) is 3.12. The molecule has 1 aliphatic heterocycles. The lowest BCUT2D eigenvalue weighted by atomic mass is 9.97. The molecule has 9 heteroatoms. The minimum Gasteiger partial charge on any atom is -0.352 e. The van der Waals surface area contributed by atoms with Crippen molar-refractivity contribution in [3.63, 3.8) is 0 Å². The summed E-state index contributed by atoms with van der Waals surface area (Å²) in [5.41, 5.74) is 1.85. The van der Waals surface area contributed by atoms with E-state index in [1.807, 2.05) is 19.1 Å². The molecule has 150 valence electrons.